The van der Waals surface area contributed by atoms with Gasteiger partial charge in [0.1, 0.15) is 12.6 Å². The SMILES string of the molecule is CCCNC(=O)[C@@H](Cc1ccccc1)N(Cc1cccc(C)c1)C(=O)CN(c1ccc(Cl)cc1)S(=O)(=O)c1ccc(C)cc1. The van der Waals surface area contributed by atoms with E-state index in [4.69, 9.17) is 11.6 Å². The largest absolute Gasteiger partial charge is 0.354 e. The van der Waals surface area contributed by atoms with Crippen LogP contribution in [0, 0.1) is 13.8 Å². The zero-order valence-electron chi connectivity index (χ0n) is 25.2. The Hall–Kier alpha value is -4.14. The summed E-state index contributed by atoms with van der Waals surface area (Å²) in [6.07, 6.45) is 0.994. The first kappa shape index (κ1) is 32.8. The van der Waals surface area contributed by atoms with Gasteiger partial charge in [0, 0.05) is 24.5 Å². The molecule has 0 aliphatic rings. The molecule has 4 aromatic rings. The maximum absolute atomic E-state index is 14.4. The smallest absolute Gasteiger partial charge is 0.264 e. The molecule has 0 fully saturated rings. The van der Waals surface area contributed by atoms with E-state index in [2.05, 4.69) is 5.32 Å². The Morgan fingerprint density at radius 2 is 1.48 bits per heavy atom. The van der Waals surface area contributed by atoms with Crippen molar-refractivity contribution in [3.05, 3.63) is 130 Å². The van der Waals surface area contributed by atoms with Crippen LogP contribution in [-0.2, 0) is 32.6 Å². The number of halogens is 1. The monoisotopic (exact) mass is 631 g/mol. The molecule has 2 amide bonds. The number of nitrogens with one attached hydrogen (secondary N) is 1. The lowest BCUT2D eigenvalue weighted by Gasteiger charge is -2.34. The summed E-state index contributed by atoms with van der Waals surface area (Å²) in [6, 6.07) is 29.1. The van der Waals surface area contributed by atoms with Crippen LogP contribution < -0.4 is 9.62 Å². The molecule has 1 N–H and O–H groups in total. The van der Waals surface area contributed by atoms with E-state index < -0.39 is 28.5 Å². The molecule has 1 atom stereocenters. The summed E-state index contributed by atoms with van der Waals surface area (Å²) in [7, 11) is -4.17. The van der Waals surface area contributed by atoms with Crippen LogP contribution in [0.5, 0.6) is 0 Å². The van der Waals surface area contributed by atoms with Gasteiger partial charge in [-0.15, -0.1) is 0 Å². The summed E-state index contributed by atoms with van der Waals surface area (Å²) in [4.78, 5) is 29.7. The number of amides is 2. The lowest BCUT2D eigenvalue weighted by molar-refractivity contribution is -0.140. The molecule has 0 aromatic heterocycles. The summed E-state index contributed by atoms with van der Waals surface area (Å²) in [6.45, 7) is 5.85. The molecule has 0 saturated carbocycles. The van der Waals surface area contributed by atoms with Gasteiger partial charge in [0.2, 0.25) is 11.8 Å². The highest BCUT2D eigenvalue weighted by Crippen LogP contribution is 2.27. The Labute approximate surface area is 265 Å². The number of nitrogens with zero attached hydrogens (tertiary/aromatic N) is 2. The molecule has 7 nitrogen and oxygen atoms in total. The van der Waals surface area contributed by atoms with E-state index in [0.717, 1.165) is 33.0 Å². The van der Waals surface area contributed by atoms with Crippen molar-refractivity contribution in [2.75, 3.05) is 17.4 Å². The van der Waals surface area contributed by atoms with E-state index in [0.29, 0.717) is 11.6 Å². The van der Waals surface area contributed by atoms with Crippen molar-refractivity contribution in [2.24, 2.45) is 0 Å². The Balaban J connectivity index is 1.79. The quantitative estimate of drug-likeness (QED) is 0.187. The third-order valence-corrected chi connectivity index (χ3v) is 9.30. The summed E-state index contributed by atoms with van der Waals surface area (Å²) >= 11 is 6.13. The molecule has 0 radical (unpaired) electrons. The van der Waals surface area contributed by atoms with Crippen molar-refractivity contribution >= 4 is 39.1 Å². The lowest BCUT2D eigenvalue weighted by atomic mass is 10.0. The first-order valence-electron chi connectivity index (χ1n) is 14.6. The lowest BCUT2D eigenvalue weighted by Crippen LogP contribution is -2.53. The topological polar surface area (TPSA) is 86.8 Å². The van der Waals surface area contributed by atoms with Crippen molar-refractivity contribution < 1.29 is 18.0 Å². The summed E-state index contributed by atoms with van der Waals surface area (Å²) in [5.74, 6) is -0.805. The predicted molar refractivity (Wildman–Crippen MR) is 176 cm³/mol. The third kappa shape index (κ3) is 8.49. The number of benzene rings is 4. The van der Waals surface area contributed by atoms with Gasteiger partial charge >= 0.3 is 0 Å². The standard InChI is InChI=1S/C35H38ClN3O4S/c1-4-21-37-35(41)33(23-28-10-6-5-7-11-28)38(24-29-12-8-9-27(3)22-29)34(40)25-39(31-17-15-30(36)16-18-31)44(42,43)32-19-13-26(2)14-20-32/h5-20,22,33H,4,21,23-25H2,1-3H3,(H,37,41)/t33-/m1/s1. The molecule has 0 saturated heterocycles. The maximum atomic E-state index is 14.4. The maximum Gasteiger partial charge on any atom is 0.264 e. The van der Waals surface area contributed by atoms with Gasteiger partial charge < -0.3 is 10.2 Å². The predicted octanol–water partition coefficient (Wildman–Crippen LogP) is 6.32. The van der Waals surface area contributed by atoms with Crippen molar-refractivity contribution in [1.82, 2.24) is 10.2 Å². The van der Waals surface area contributed by atoms with Gasteiger partial charge in [-0.1, -0.05) is 96.4 Å². The van der Waals surface area contributed by atoms with E-state index in [-0.39, 0.29) is 29.5 Å². The Morgan fingerprint density at radius 1 is 0.818 bits per heavy atom. The van der Waals surface area contributed by atoms with Crippen LogP contribution in [-0.4, -0.2) is 44.3 Å². The minimum atomic E-state index is -4.17. The Bertz CT molecular complexity index is 1660. The molecular weight excluding hydrogens is 594 g/mol. The van der Waals surface area contributed by atoms with Gasteiger partial charge in [-0.2, -0.15) is 0 Å². The van der Waals surface area contributed by atoms with Crippen LogP contribution in [0.4, 0.5) is 5.69 Å². The summed E-state index contributed by atoms with van der Waals surface area (Å²) < 4.78 is 29.2. The molecule has 230 valence electrons. The Morgan fingerprint density at radius 3 is 2.11 bits per heavy atom. The molecule has 0 aliphatic carbocycles. The van der Waals surface area contributed by atoms with Crippen LogP contribution in [0.25, 0.3) is 0 Å². The normalized spacial score (nSPS) is 11.9. The zero-order chi connectivity index (χ0) is 31.7. The van der Waals surface area contributed by atoms with Crippen LogP contribution >= 0.6 is 11.6 Å². The summed E-state index contributed by atoms with van der Waals surface area (Å²) in [5.41, 5.74) is 3.92. The molecule has 9 heteroatoms. The first-order chi connectivity index (χ1) is 21.1. The number of anilines is 1. The van der Waals surface area contributed by atoms with Crippen LogP contribution in [0.3, 0.4) is 0 Å². The van der Waals surface area contributed by atoms with Crippen LogP contribution in [0.2, 0.25) is 5.02 Å². The van der Waals surface area contributed by atoms with E-state index in [1.807, 2.05) is 75.4 Å². The Kier molecular flexibility index (Phi) is 11.2. The minimum absolute atomic E-state index is 0.0533. The van der Waals surface area contributed by atoms with Crippen LogP contribution in [0.1, 0.15) is 35.6 Å². The van der Waals surface area contributed by atoms with Gasteiger partial charge in [-0.3, -0.25) is 13.9 Å². The van der Waals surface area contributed by atoms with Gasteiger partial charge in [0.05, 0.1) is 10.6 Å². The fraction of sp³-hybridized carbons (Fsp3) is 0.257. The number of hydrogen-bond donors (Lipinski definition) is 1. The molecule has 0 heterocycles. The average molecular weight is 632 g/mol. The highest BCUT2D eigenvalue weighted by atomic mass is 35.5. The van der Waals surface area contributed by atoms with Gasteiger partial charge in [0.25, 0.3) is 10.0 Å². The van der Waals surface area contributed by atoms with E-state index >= 15 is 0 Å². The van der Waals surface area contributed by atoms with Gasteiger partial charge in [-0.05, 0) is 67.8 Å². The second-order valence-corrected chi connectivity index (χ2v) is 13.1. The molecular formula is C35H38ClN3O4S. The highest BCUT2D eigenvalue weighted by Gasteiger charge is 2.34. The van der Waals surface area contributed by atoms with Crippen molar-refractivity contribution in [3.8, 4) is 0 Å². The highest BCUT2D eigenvalue weighted by molar-refractivity contribution is 7.92. The van der Waals surface area contributed by atoms with Crippen molar-refractivity contribution in [3.63, 3.8) is 0 Å². The van der Waals surface area contributed by atoms with E-state index in [1.54, 1.807) is 36.4 Å². The van der Waals surface area contributed by atoms with Crippen molar-refractivity contribution in [2.45, 2.75) is 51.1 Å². The second-order valence-electron chi connectivity index (χ2n) is 10.8. The molecule has 44 heavy (non-hydrogen) atoms. The third-order valence-electron chi connectivity index (χ3n) is 7.26. The molecule has 0 bridgehead atoms. The fourth-order valence-electron chi connectivity index (χ4n) is 4.90. The molecule has 4 rings (SSSR count). The molecule has 0 aliphatic heterocycles. The first-order valence-corrected chi connectivity index (χ1v) is 16.4. The molecule has 0 spiro atoms. The fourth-order valence-corrected chi connectivity index (χ4v) is 6.44. The van der Waals surface area contributed by atoms with Crippen molar-refractivity contribution in [1.29, 1.82) is 0 Å². The van der Waals surface area contributed by atoms with Gasteiger partial charge in [-0.25, -0.2) is 8.42 Å². The average Bonchev–Trinajstić information content (AvgIpc) is 3.01. The number of rotatable bonds is 13. The van der Waals surface area contributed by atoms with E-state index in [9.17, 15) is 18.0 Å². The molecule has 4 aromatic carbocycles. The number of sulfonamides is 1. The number of carbonyl (C=O) groups is 2. The van der Waals surface area contributed by atoms with Gasteiger partial charge in [0.15, 0.2) is 0 Å². The molecule has 0 unspecified atom stereocenters. The number of hydrogen-bond acceptors (Lipinski definition) is 4. The van der Waals surface area contributed by atoms with Crippen LogP contribution in [0.15, 0.2) is 108 Å². The number of carbonyl (C=O) groups excluding carboxylic acids is 2. The second kappa shape index (κ2) is 15.0. The zero-order valence-corrected chi connectivity index (χ0v) is 26.8. The minimum Gasteiger partial charge on any atom is -0.354 e. The summed E-state index contributed by atoms with van der Waals surface area (Å²) in [5, 5.41) is 3.39. The number of aryl methyl sites for hydroxylation is 2. The van der Waals surface area contributed by atoms with E-state index in [1.165, 1.54) is 17.0 Å².